The number of likely N-dealkylation sites (tertiary alicyclic amines) is 1. The van der Waals surface area contributed by atoms with Crippen LogP contribution in [0.1, 0.15) is 86.5 Å². The quantitative estimate of drug-likeness (QED) is 0.0966. The van der Waals surface area contributed by atoms with Crippen molar-refractivity contribution in [2.75, 3.05) is 27.1 Å². The van der Waals surface area contributed by atoms with E-state index in [4.69, 9.17) is 30.5 Å². The Morgan fingerprint density at radius 1 is 1.09 bits per heavy atom. The number of rotatable bonds is 19. The molecule has 4 rings (SSSR count). The predicted molar refractivity (Wildman–Crippen MR) is 203 cm³/mol. The molecule has 2 N–H and O–H groups in total. The Hall–Kier alpha value is -3.78. The molecular formula is C39H56ClN5O8. The number of carbonyl (C=O) groups excluding carboxylic acids is 2. The second-order valence-corrected chi connectivity index (χ2v) is 16.0. The van der Waals surface area contributed by atoms with Crippen LogP contribution in [0.15, 0.2) is 43.5 Å². The highest BCUT2D eigenvalue weighted by Crippen LogP contribution is 2.50. The molecular weight excluding hydrogens is 702 g/mol. The zero-order chi connectivity index (χ0) is 39.1. The number of amides is 2. The average molecular weight is 758 g/mol. The standard InChI is InChI=1S/C39H56ClN5O8/c1-10-12-13-14-15-16-29(41-23-51-37(3,4)5)34(46)44-22-27(53-33-32(40)42-28-18-17-26(50-9)19-30(28)43-33)20-31(44)35(47)45(24-52-38(6,7)8)39(36(48)49)21-25(39)11-2/h10-11,17-19,25,27,29,31,41H,1-2,12-16,20-24H2,3-9H3,(H,48,49)/t25-,27-,29+,31+,39-/m1/s1. The second-order valence-electron chi connectivity index (χ2n) is 15.7. The lowest BCUT2D eigenvalue weighted by Gasteiger charge is -2.37. The fraction of sp³-hybridized carbons (Fsp3) is 0.615. The van der Waals surface area contributed by atoms with E-state index < -0.39 is 52.7 Å². The molecule has 53 heavy (non-hydrogen) atoms. The van der Waals surface area contributed by atoms with Gasteiger partial charge in [0.25, 0.3) is 5.88 Å². The van der Waals surface area contributed by atoms with E-state index in [1.54, 1.807) is 31.4 Å². The topological polar surface area (TPSA) is 153 Å². The van der Waals surface area contributed by atoms with Gasteiger partial charge in [-0.2, -0.15) is 0 Å². The van der Waals surface area contributed by atoms with Crippen LogP contribution in [0.5, 0.6) is 11.6 Å². The van der Waals surface area contributed by atoms with E-state index in [-0.39, 0.29) is 49.8 Å². The van der Waals surface area contributed by atoms with Gasteiger partial charge < -0.3 is 33.9 Å². The first kappa shape index (κ1) is 42.0. The molecule has 1 aliphatic heterocycles. The fourth-order valence-corrected chi connectivity index (χ4v) is 6.62. The van der Waals surface area contributed by atoms with Gasteiger partial charge in [0, 0.05) is 18.4 Å². The summed E-state index contributed by atoms with van der Waals surface area (Å²) in [4.78, 5) is 54.1. The first-order chi connectivity index (χ1) is 24.9. The van der Waals surface area contributed by atoms with Crippen molar-refractivity contribution in [3.63, 3.8) is 0 Å². The molecule has 2 aromatic rings. The summed E-state index contributed by atoms with van der Waals surface area (Å²) in [5.41, 5.74) is -1.68. The van der Waals surface area contributed by atoms with Crippen molar-refractivity contribution in [1.82, 2.24) is 25.1 Å². The molecule has 1 aromatic carbocycles. The largest absolute Gasteiger partial charge is 0.497 e. The zero-order valence-electron chi connectivity index (χ0n) is 32.2. The SMILES string of the molecule is C=CCCCCC[C@H](NCOC(C)(C)C)C(=O)N1C[C@H](Oc2nc3cc(OC)ccc3nc2Cl)C[C@H]1C(=O)N(COC(C)(C)C)[C@]1(C(=O)O)C[C@H]1C=C. The summed E-state index contributed by atoms with van der Waals surface area (Å²) in [7, 11) is 1.55. The first-order valence-corrected chi connectivity index (χ1v) is 18.6. The van der Waals surface area contributed by atoms with E-state index in [0.717, 1.165) is 25.7 Å². The normalized spacial score (nSPS) is 22.0. The number of benzene rings is 1. The molecule has 0 radical (unpaired) electrons. The van der Waals surface area contributed by atoms with Gasteiger partial charge in [-0.05, 0) is 79.4 Å². The van der Waals surface area contributed by atoms with E-state index in [2.05, 4.69) is 28.4 Å². The van der Waals surface area contributed by atoms with Crippen LogP contribution in [0, 0.1) is 5.92 Å². The average Bonchev–Trinajstić information content (AvgIpc) is 3.69. The Balaban J connectivity index is 1.71. The first-order valence-electron chi connectivity index (χ1n) is 18.2. The molecule has 0 unspecified atom stereocenters. The molecule has 1 saturated carbocycles. The minimum absolute atomic E-state index is 0.0110. The summed E-state index contributed by atoms with van der Waals surface area (Å²) < 4.78 is 23.7. The highest BCUT2D eigenvalue weighted by molar-refractivity contribution is 6.31. The number of aromatic nitrogens is 2. The third-order valence-corrected chi connectivity index (χ3v) is 9.70. The fourth-order valence-electron chi connectivity index (χ4n) is 6.44. The van der Waals surface area contributed by atoms with Crippen LogP contribution in [-0.2, 0) is 23.9 Å². The van der Waals surface area contributed by atoms with Crippen LogP contribution < -0.4 is 14.8 Å². The Morgan fingerprint density at radius 2 is 1.81 bits per heavy atom. The molecule has 2 fully saturated rings. The molecule has 1 aliphatic carbocycles. The van der Waals surface area contributed by atoms with Crippen molar-refractivity contribution in [2.24, 2.45) is 5.92 Å². The second kappa shape index (κ2) is 17.6. The van der Waals surface area contributed by atoms with E-state index >= 15 is 0 Å². The molecule has 5 atom stereocenters. The maximum absolute atomic E-state index is 14.8. The lowest BCUT2D eigenvalue weighted by atomic mass is 10.0. The smallest absolute Gasteiger partial charge is 0.330 e. The number of fused-ring (bicyclic) bond motifs is 1. The number of hydrogen-bond acceptors (Lipinski definition) is 10. The Bertz CT molecular complexity index is 1640. The summed E-state index contributed by atoms with van der Waals surface area (Å²) in [5, 5.41) is 13.8. The number of methoxy groups -OCH3 is 1. The summed E-state index contributed by atoms with van der Waals surface area (Å²) in [6.45, 7) is 18.7. The van der Waals surface area contributed by atoms with Crippen LogP contribution in [0.4, 0.5) is 0 Å². The molecule has 13 nitrogen and oxygen atoms in total. The van der Waals surface area contributed by atoms with Crippen molar-refractivity contribution in [2.45, 2.75) is 121 Å². The number of carboxylic acid groups (broad SMARTS) is 1. The Kier molecular flexibility index (Phi) is 13.9. The van der Waals surface area contributed by atoms with Gasteiger partial charge in [0.05, 0.1) is 48.7 Å². The summed E-state index contributed by atoms with van der Waals surface area (Å²) in [5.74, 6) is -1.93. The number of nitrogens with one attached hydrogen (secondary N) is 1. The lowest BCUT2D eigenvalue weighted by molar-refractivity contribution is -0.167. The number of carbonyl (C=O) groups is 3. The maximum atomic E-state index is 14.8. The van der Waals surface area contributed by atoms with Crippen molar-refractivity contribution in [3.05, 3.63) is 48.7 Å². The monoisotopic (exact) mass is 757 g/mol. The Morgan fingerprint density at radius 3 is 2.42 bits per heavy atom. The number of allylic oxidation sites excluding steroid dienone is 1. The number of hydrogen-bond donors (Lipinski definition) is 2. The molecule has 1 aromatic heterocycles. The number of nitrogens with zero attached hydrogens (tertiary/aromatic N) is 4. The predicted octanol–water partition coefficient (Wildman–Crippen LogP) is 6.14. The Labute approximate surface area is 318 Å². The summed E-state index contributed by atoms with van der Waals surface area (Å²) >= 11 is 6.55. The number of aliphatic carboxylic acids is 1. The van der Waals surface area contributed by atoms with Crippen LogP contribution >= 0.6 is 11.6 Å². The van der Waals surface area contributed by atoms with Crippen molar-refractivity contribution >= 4 is 40.4 Å². The van der Waals surface area contributed by atoms with Gasteiger partial charge in [0.15, 0.2) is 5.15 Å². The van der Waals surface area contributed by atoms with Crippen LogP contribution in [0.25, 0.3) is 11.0 Å². The zero-order valence-corrected chi connectivity index (χ0v) is 32.9. The van der Waals surface area contributed by atoms with Crippen molar-refractivity contribution < 1.29 is 38.4 Å². The van der Waals surface area contributed by atoms with Gasteiger partial charge in [-0.15, -0.1) is 13.2 Å². The molecule has 14 heteroatoms. The maximum Gasteiger partial charge on any atom is 0.330 e. The molecule has 2 aliphatic rings. The molecule has 2 heterocycles. The van der Waals surface area contributed by atoms with Crippen LogP contribution in [0.2, 0.25) is 5.15 Å². The lowest BCUT2D eigenvalue weighted by Crippen LogP contribution is -2.58. The summed E-state index contributed by atoms with van der Waals surface area (Å²) in [6, 6.07) is 3.41. The van der Waals surface area contributed by atoms with Gasteiger partial charge >= 0.3 is 5.97 Å². The van der Waals surface area contributed by atoms with Crippen molar-refractivity contribution in [1.29, 1.82) is 0 Å². The number of ether oxygens (including phenoxy) is 4. The number of carboxylic acids is 1. The molecule has 0 spiro atoms. The van der Waals surface area contributed by atoms with Gasteiger partial charge in [0.1, 0.15) is 30.2 Å². The van der Waals surface area contributed by atoms with Crippen LogP contribution in [-0.4, -0.2) is 105 Å². The van der Waals surface area contributed by atoms with E-state index in [1.165, 1.54) is 9.80 Å². The van der Waals surface area contributed by atoms with Gasteiger partial charge in [0.2, 0.25) is 11.8 Å². The van der Waals surface area contributed by atoms with Gasteiger partial charge in [-0.3, -0.25) is 14.9 Å². The van der Waals surface area contributed by atoms with Crippen LogP contribution in [0.3, 0.4) is 0 Å². The van der Waals surface area contributed by atoms with E-state index in [0.29, 0.717) is 23.2 Å². The number of halogens is 1. The molecule has 292 valence electrons. The summed E-state index contributed by atoms with van der Waals surface area (Å²) in [6.07, 6.45) is 6.85. The van der Waals surface area contributed by atoms with Gasteiger partial charge in [-0.1, -0.05) is 36.6 Å². The third kappa shape index (κ3) is 10.7. The molecule has 2 amide bonds. The highest BCUT2D eigenvalue weighted by Gasteiger charge is 2.66. The molecule has 1 saturated heterocycles. The molecule has 0 bridgehead atoms. The minimum Gasteiger partial charge on any atom is -0.497 e. The van der Waals surface area contributed by atoms with Gasteiger partial charge in [-0.25, -0.2) is 14.8 Å². The van der Waals surface area contributed by atoms with E-state index in [1.807, 2.05) is 47.6 Å². The number of unbranched alkanes of at least 4 members (excludes halogenated alkanes) is 3. The highest BCUT2D eigenvalue weighted by atomic mass is 35.5. The minimum atomic E-state index is -1.56. The van der Waals surface area contributed by atoms with E-state index in [9.17, 15) is 19.5 Å². The van der Waals surface area contributed by atoms with Crippen molar-refractivity contribution in [3.8, 4) is 11.6 Å². The third-order valence-electron chi connectivity index (χ3n) is 9.46.